The van der Waals surface area contributed by atoms with Crippen molar-refractivity contribution < 1.29 is 15.3 Å². The Kier molecular flexibility index (Phi) is 8.04. The molecule has 5 N–H and O–H groups in total. The van der Waals surface area contributed by atoms with E-state index in [1.165, 1.54) is 0 Å². The Labute approximate surface area is 134 Å². The second-order valence-corrected chi connectivity index (χ2v) is 6.16. The minimum absolute atomic E-state index is 0.285. The average Bonchev–Trinajstić information content (AvgIpc) is 2.51. The van der Waals surface area contributed by atoms with E-state index >= 15 is 0 Å². The van der Waals surface area contributed by atoms with E-state index in [2.05, 4.69) is 13.8 Å². The van der Waals surface area contributed by atoms with Gasteiger partial charge in [-0.2, -0.15) is 0 Å². The summed E-state index contributed by atoms with van der Waals surface area (Å²) in [5.74, 6) is -1.57. The summed E-state index contributed by atoms with van der Waals surface area (Å²) >= 11 is 0. The van der Waals surface area contributed by atoms with Gasteiger partial charge >= 0.3 is 0 Å². The molecule has 0 aliphatic carbocycles. The number of nitrogens with two attached hydrogens (primary N) is 1. The van der Waals surface area contributed by atoms with Crippen LogP contribution in [0.15, 0.2) is 24.3 Å². The van der Waals surface area contributed by atoms with Gasteiger partial charge in [0.2, 0.25) is 0 Å². The van der Waals surface area contributed by atoms with E-state index in [0.717, 1.165) is 25.7 Å². The largest absolute Gasteiger partial charge is 0.388 e. The van der Waals surface area contributed by atoms with Crippen molar-refractivity contribution in [3.05, 3.63) is 35.4 Å². The molecule has 2 atom stereocenters. The first-order chi connectivity index (χ1) is 10.4. The van der Waals surface area contributed by atoms with Crippen molar-refractivity contribution >= 4 is 0 Å². The Morgan fingerprint density at radius 1 is 1.18 bits per heavy atom. The molecule has 0 saturated carbocycles. The molecule has 22 heavy (non-hydrogen) atoms. The third-order valence-electron chi connectivity index (χ3n) is 4.29. The van der Waals surface area contributed by atoms with Crippen LogP contribution in [0.5, 0.6) is 0 Å². The van der Waals surface area contributed by atoms with Crippen LogP contribution in [0.25, 0.3) is 0 Å². The molecule has 4 heteroatoms. The third-order valence-corrected chi connectivity index (χ3v) is 4.29. The molecule has 0 saturated heterocycles. The summed E-state index contributed by atoms with van der Waals surface area (Å²) in [6.07, 6.45) is 4.26. The smallest absolute Gasteiger partial charge is 0.190 e. The van der Waals surface area contributed by atoms with Gasteiger partial charge in [0, 0.05) is 12.0 Å². The molecule has 1 rings (SSSR count). The highest BCUT2D eigenvalue weighted by molar-refractivity contribution is 5.28. The Bertz CT molecular complexity index is 434. The van der Waals surface area contributed by atoms with Crippen LogP contribution in [0.1, 0.15) is 69.6 Å². The summed E-state index contributed by atoms with van der Waals surface area (Å²) in [5, 5.41) is 31.0. The van der Waals surface area contributed by atoms with Gasteiger partial charge in [0.05, 0.1) is 6.10 Å². The fraction of sp³-hybridized carbons (Fsp3) is 0.667. The summed E-state index contributed by atoms with van der Waals surface area (Å²) in [6.45, 7) is 4.61. The predicted molar refractivity (Wildman–Crippen MR) is 89.1 cm³/mol. The predicted octanol–water partition coefficient (Wildman–Crippen LogP) is 2.81. The van der Waals surface area contributed by atoms with Crippen LogP contribution in [-0.4, -0.2) is 21.9 Å². The van der Waals surface area contributed by atoms with Crippen LogP contribution in [0.4, 0.5) is 0 Å². The van der Waals surface area contributed by atoms with E-state index in [-0.39, 0.29) is 5.92 Å². The topological polar surface area (TPSA) is 86.7 Å². The van der Waals surface area contributed by atoms with Crippen LogP contribution in [0, 0.1) is 5.92 Å². The lowest BCUT2D eigenvalue weighted by molar-refractivity contribution is -0.183. The van der Waals surface area contributed by atoms with Crippen molar-refractivity contribution in [2.45, 2.75) is 64.3 Å². The van der Waals surface area contributed by atoms with Gasteiger partial charge in [-0.25, -0.2) is 0 Å². The second-order valence-electron chi connectivity index (χ2n) is 6.16. The number of rotatable bonds is 10. The van der Waals surface area contributed by atoms with E-state index in [4.69, 9.17) is 5.73 Å². The normalized spacial score (nSPS) is 14.8. The zero-order valence-corrected chi connectivity index (χ0v) is 13.8. The average molecular weight is 309 g/mol. The highest BCUT2D eigenvalue weighted by Gasteiger charge is 2.29. The number of aliphatic hydroxyl groups excluding tert-OH is 1. The van der Waals surface area contributed by atoms with Crippen LogP contribution in [0.3, 0.4) is 0 Å². The molecule has 0 aromatic heterocycles. The van der Waals surface area contributed by atoms with Crippen molar-refractivity contribution in [1.82, 2.24) is 0 Å². The number of unbranched alkanes of at least 4 members (excludes halogenated alkanes) is 1. The molecular formula is C18H31NO3. The zero-order valence-electron chi connectivity index (χ0n) is 13.8. The second kappa shape index (κ2) is 9.26. The Morgan fingerprint density at radius 3 is 2.50 bits per heavy atom. The lowest BCUT2D eigenvalue weighted by atomic mass is 9.87. The summed E-state index contributed by atoms with van der Waals surface area (Å²) in [4.78, 5) is 0. The van der Waals surface area contributed by atoms with Crippen molar-refractivity contribution in [2.24, 2.45) is 11.7 Å². The molecule has 126 valence electrons. The van der Waals surface area contributed by atoms with Crippen molar-refractivity contribution in [1.29, 1.82) is 0 Å². The first-order valence-electron chi connectivity index (χ1n) is 8.37. The van der Waals surface area contributed by atoms with Crippen LogP contribution < -0.4 is 5.73 Å². The molecule has 0 fully saturated rings. The number of aliphatic hydroxyl groups is 3. The third kappa shape index (κ3) is 5.69. The van der Waals surface area contributed by atoms with Crippen LogP contribution >= 0.6 is 0 Å². The summed E-state index contributed by atoms with van der Waals surface area (Å²) in [6, 6.07) is 6.91. The van der Waals surface area contributed by atoms with Gasteiger partial charge in [-0.3, -0.25) is 0 Å². The first kappa shape index (κ1) is 19.1. The molecule has 0 aliphatic rings. The van der Waals surface area contributed by atoms with Crippen molar-refractivity contribution in [3.8, 4) is 0 Å². The SMILES string of the molecule is CCCCC(CC)CC(O)(O)c1cccc(C(O)CCN)c1. The summed E-state index contributed by atoms with van der Waals surface area (Å²) in [5.41, 5.74) is 6.58. The maximum absolute atomic E-state index is 10.5. The van der Waals surface area contributed by atoms with E-state index < -0.39 is 11.9 Å². The maximum atomic E-state index is 10.5. The highest BCUT2D eigenvalue weighted by atomic mass is 16.5. The van der Waals surface area contributed by atoms with Crippen LogP contribution in [0.2, 0.25) is 0 Å². The van der Waals surface area contributed by atoms with E-state index in [9.17, 15) is 15.3 Å². The molecule has 0 bridgehead atoms. The van der Waals surface area contributed by atoms with Crippen molar-refractivity contribution in [3.63, 3.8) is 0 Å². The van der Waals surface area contributed by atoms with Gasteiger partial charge in [-0.15, -0.1) is 0 Å². The fourth-order valence-corrected chi connectivity index (χ4v) is 2.78. The molecule has 1 aromatic carbocycles. The molecule has 0 spiro atoms. The van der Waals surface area contributed by atoms with Gasteiger partial charge in [0.15, 0.2) is 5.79 Å². The van der Waals surface area contributed by atoms with E-state index in [1.807, 2.05) is 0 Å². The lowest BCUT2D eigenvalue weighted by Gasteiger charge is -2.28. The molecule has 0 heterocycles. The highest BCUT2D eigenvalue weighted by Crippen LogP contribution is 2.31. The van der Waals surface area contributed by atoms with Crippen LogP contribution in [-0.2, 0) is 5.79 Å². The standard InChI is InChI=1S/C18H31NO3/c1-3-5-7-14(4-2)13-18(21,22)16-9-6-8-15(12-16)17(20)10-11-19/h6,8-9,12,14,17,20-22H,3-5,7,10-11,13,19H2,1-2H3. The minimum atomic E-state index is -1.85. The molecule has 4 nitrogen and oxygen atoms in total. The lowest BCUT2D eigenvalue weighted by Crippen LogP contribution is -2.28. The number of hydrogen-bond acceptors (Lipinski definition) is 4. The molecular weight excluding hydrogens is 278 g/mol. The maximum Gasteiger partial charge on any atom is 0.190 e. The summed E-state index contributed by atoms with van der Waals surface area (Å²) in [7, 11) is 0. The monoisotopic (exact) mass is 309 g/mol. The van der Waals surface area contributed by atoms with Gasteiger partial charge in [0.1, 0.15) is 0 Å². The molecule has 1 aromatic rings. The van der Waals surface area contributed by atoms with Gasteiger partial charge < -0.3 is 21.1 Å². The molecule has 2 unspecified atom stereocenters. The number of benzene rings is 1. The molecule has 0 radical (unpaired) electrons. The zero-order chi connectivity index (χ0) is 16.6. The van der Waals surface area contributed by atoms with E-state index in [1.54, 1.807) is 24.3 Å². The number of hydrogen-bond donors (Lipinski definition) is 4. The Hall–Kier alpha value is -0.940. The Morgan fingerprint density at radius 2 is 1.91 bits per heavy atom. The quantitative estimate of drug-likeness (QED) is 0.501. The minimum Gasteiger partial charge on any atom is -0.388 e. The van der Waals surface area contributed by atoms with Crippen molar-refractivity contribution in [2.75, 3.05) is 6.54 Å². The van der Waals surface area contributed by atoms with E-state index in [0.29, 0.717) is 30.5 Å². The van der Waals surface area contributed by atoms with Gasteiger partial charge in [-0.05, 0) is 30.5 Å². The first-order valence-corrected chi connectivity index (χ1v) is 8.37. The summed E-state index contributed by atoms with van der Waals surface area (Å²) < 4.78 is 0. The van der Waals surface area contributed by atoms with Gasteiger partial charge in [0.25, 0.3) is 0 Å². The molecule has 0 aliphatic heterocycles. The molecule has 0 amide bonds. The Balaban J connectivity index is 2.85. The fourth-order valence-electron chi connectivity index (χ4n) is 2.78. The van der Waals surface area contributed by atoms with Gasteiger partial charge in [-0.1, -0.05) is 57.7 Å².